The van der Waals surface area contributed by atoms with Gasteiger partial charge in [-0.15, -0.1) is 0 Å². The van der Waals surface area contributed by atoms with Crippen molar-refractivity contribution in [1.82, 2.24) is 5.32 Å². The van der Waals surface area contributed by atoms with Gasteiger partial charge in [0.25, 0.3) is 0 Å². The molecule has 1 atom stereocenters. The highest BCUT2D eigenvalue weighted by Gasteiger charge is 2.42. The van der Waals surface area contributed by atoms with Crippen molar-refractivity contribution in [3.05, 3.63) is 0 Å². The van der Waals surface area contributed by atoms with Gasteiger partial charge in [0.1, 0.15) is 0 Å². The molecule has 0 saturated carbocycles. The minimum Gasteiger partial charge on any atom is -0.467 e. The molecule has 0 bridgehead atoms. The van der Waals surface area contributed by atoms with Gasteiger partial charge in [-0.2, -0.15) is 0 Å². The first-order chi connectivity index (χ1) is 7.45. The van der Waals surface area contributed by atoms with E-state index in [1.165, 1.54) is 0 Å². The molecule has 0 aromatic heterocycles. The molecule has 1 unspecified atom stereocenters. The third-order valence-corrected chi connectivity index (χ3v) is 3.68. The molecule has 0 heterocycles. The molecule has 1 N–H and O–H groups in total. The monoisotopic (exact) mass is 257 g/mol. The largest absolute Gasteiger partial charge is 0.467 e. The van der Waals surface area contributed by atoms with Gasteiger partial charge in [0, 0.05) is 15.6 Å². The summed E-state index contributed by atoms with van der Waals surface area (Å²) in [6, 6.07) is 0. The minimum absolute atomic E-state index is 0. The van der Waals surface area contributed by atoms with Crippen LogP contribution in [0.3, 0.4) is 0 Å². The highest BCUT2D eigenvalue weighted by Crippen LogP contribution is 2.50. The van der Waals surface area contributed by atoms with Crippen LogP contribution in [0.4, 0.5) is 4.79 Å². The first kappa shape index (κ1) is 14.9. The molecule has 96 valence electrons. The van der Waals surface area contributed by atoms with E-state index < -0.39 is 25.4 Å². The van der Waals surface area contributed by atoms with Crippen LogP contribution in [0.25, 0.3) is 0 Å². The van der Waals surface area contributed by atoms with E-state index in [9.17, 15) is 14.2 Å². The van der Waals surface area contributed by atoms with Crippen molar-refractivity contribution in [2.75, 3.05) is 28.4 Å². The summed E-state index contributed by atoms with van der Waals surface area (Å²) < 4.78 is 29.7. The van der Waals surface area contributed by atoms with Crippen LogP contribution in [0.2, 0.25) is 0 Å². The number of hydrogen-bond acceptors (Lipinski definition) is 7. The predicted molar refractivity (Wildman–Crippen MR) is 55.1 cm³/mol. The molecule has 0 saturated heterocycles. The number of ether oxygens (including phenoxy) is 2. The Kier molecular flexibility index (Phi) is 6.02. The van der Waals surface area contributed by atoms with Gasteiger partial charge in [0.2, 0.25) is 5.78 Å². The zero-order valence-corrected chi connectivity index (χ0v) is 10.3. The summed E-state index contributed by atoms with van der Waals surface area (Å²) >= 11 is 0. The Labute approximate surface area is 94.2 Å². The van der Waals surface area contributed by atoms with Crippen LogP contribution in [0.1, 0.15) is 1.43 Å². The summed E-state index contributed by atoms with van der Waals surface area (Å²) in [5.41, 5.74) is 0. The van der Waals surface area contributed by atoms with Crippen LogP contribution < -0.4 is 5.32 Å². The Bertz CT molecular complexity index is 303. The summed E-state index contributed by atoms with van der Waals surface area (Å²) in [4.78, 5) is 22.3. The molecule has 0 rings (SSSR count). The molecule has 0 aliphatic carbocycles. The predicted octanol–water partition coefficient (Wildman–Crippen LogP) is 0.573. The normalized spacial score (nSPS) is 12.8. The summed E-state index contributed by atoms with van der Waals surface area (Å²) in [5.74, 6) is -2.53. The average molecular weight is 257 g/mol. The maximum Gasteiger partial charge on any atom is 0.408 e. The molecule has 0 fully saturated rings. The van der Waals surface area contributed by atoms with Crippen molar-refractivity contribution in [1.29, 1.82) is 0 Å². The quantitative estimate of drug-likeness (QED) is 0.567. The third-order valence-electron chi connectivity index (χ3n) is 1.69. The summed E-state index contributed by atoms with van der Waals surface area (Å²) in [6.07, 6.45) is -0.954. The van der Waals surface area contributed by atoms with E-state index in [0.717, 1.165) is 28.4 Å². The van der Waals surface area contributed by atoms with Gasteiger partial charge in [0.05, 0.1) is 14.2 Å². The molecule has 0 aromatic carbocycles. The van der Waals surface area contributed by atoms with E-state index in [2.05, 4.69) is 18.5 Å². The van der Waals surface area contributed by atoms with Gasteiger partial charge < -0.3 is 18.5 Å². The van der Waals surface area contributed by atoms with Gasteiger partial charge in [0.15, 0.2) is 0 Å². The maximum absolute atomic E-state index is 11.9. The lowest BCUT2D eigenvalue weighted by Gasteiger charge is -2.22. The van der Waals surface area contributed by atoms with Crippen LogP contribution in [0.15, 0.2) is 0 Å². The fraction of sp³-hybridized carbons (Fsp3) is 0.714. The maximum atomic E-state index is 11.9. The first-order valence-electron chi connectivity index (χ1n) is 4.08. The molecule has 9 heteroatoms. The topological polar surface area (TPSA) is 100 Å². The van der Waals surface area contributed by atoms with Crippen LogP contribution >= 0.6 is 7.60 Å². The highest BCUT2D eigenvalue weighted by atomic mass is 31.2. The van der Waals surface area contributed by atoms with Gasteiger partial charge in [-0.1, -0.05) is 0 Å². The summed E-state index contributed by atoms with van der Waals surface area (Å²) in [6.45, 7) is 0. The van der Waals surface area contributed by atoms with Crippen LogP contribution in [-0.2, 0) is 27.9 Å². The SMILES string of the molecule is COC(=O)NC(C(=O)OC)P(=O)(OC)OC.[HH]. The Morgan fingerprint density at radius 2 is 1.62 bits per heavy atom. The molecule has 0 spiro atoms. The van der Waals surface area contributed by atoms with E-state index >= 15 is 0 Å². The number of nitrogens with one attached hydrogen (secondary N) is 1. The van der Waals surface area contributed by atoms with E-state index in [1.54, 1.807) is 0 Å². The van der Waals surface area contributed by atoms with E-state index in [1.807, 2.05) is 5.32 Å². The Morgan fingerprint density at radius 1 is 1.12 bits per heavy atom. The first-order valence-corrected chi connectivity index (χ1v) is 5.69. The molecule has 0 aliphatic rings. The van der Waals surface area contributed by atoms with Crippen molar-refractivity contribution >= 4 is 19.7 Å². The van der Waals surface area contributed by atoms with Gasteiger partial charge in [-0.25, -0.2) is 9.59 Å². The number of carbonyl (C=O) groups excluding carboxylic acids is 2. The Hall–Kier alpha value is -1.11. The fourth-order valence-corrected chi connectivity index (χ4v) is 2.03. The van der Waals surface area contributed by atoms with Crippen LogP contribution in [0, 0.1) is 0 Å². The van der Waals surface area contributed by atoms with Crippen LogP contribution in [-0.4, -0.2) is 46.3 Å². The zero-order chi connectivity index (χ0) is 12.8. The standard InChI is InChI=1S/C7H14NO7P.H2/c1-12-6(9)5(8-7(10)13-2)16(11,14-3)15-4;/h5H,1-4H3,(H,8,10);1H. The zero-order valence-electron chi connectivity index (χ0n) is 9.38. The molecular formula is C7H16NO7P. The molecule has 1 amide bonds. The van der Waals surface area contributed by atoms with Crippen molar-refractivity contribution in [2.24, 2.45) is 0 Å². The van der Waals surface area contributed by atoms with Gasteiger partial charge in [-0.3, -0.25) is 9.88 Å². The lowest BCUT2D eigenvalue weighted by molar-refractivity contribution is -0.141. The number of alkyl carbamates (subject to hydrolysis) is 1. The number of carbonyl (C=O) groups is 2. The minimum atomic E-state index is -3.82. The van der Waals surface area contributed by atoms with Crippen molar-refractivity contribution < 1.29 is 34.1 Å². The average Bonchev–Trinajstić information content (AvgIpc) is 2.33. The lowest BCUT2D eigenvalue weighted by atomic mass is 10.6. The third kappa shape index (κ3) is 3.48. The van der Waals surface area contributed by atoms with E-state index in [4.69, 9.17) is 0 Å². The number of amides is 1. The van der Waals surface area contributed by atoms with E-state index in [0.29, 0.717) is 0 Å². The molecular weight excluding hydrogens is 241 g/mol. The smallest absolute Gasteiger partial charge is 0.408 e. The molecule has 8 nitrogen and oxygen atoms in total. The second-order valence-electron chi connectivity index (χ2n) is 2.47. The van der Waals surface area contributed by atoms with Crippen molar-refractivity contribution in [3.8, 4) is 0 Å². The van der Waals surface area contributed by atoms with Crippen LogP contribution in [0.5, 0.6) is 0 Å². The second kappa shape index (κ2) is 6.47. The number of esters is 1. The molecule has 0 aliphatic heterocycles. The molecule has 0 aromatic rings. The van der Waals surface area contributed by atoms with E-state index in [-0.39, 0.29) is 1.43 Å². The van der Waals surface area contributed by atoms with Crippen molar-refractivity contribution in [2.45, 2.75) is 5.78 Å². The van der Waals surface area contributed by atoms with Gasteiger partial charge in [-0.05, 0) is 0 Å². The lowest BCUT2D eigenvalue weighted by Crippen LogP contribution is -2.41. The molecule has 0 radical (unpaired) electrons. The number of methoxy groups -OCH3 is 2. The Morgan fingerprint density at radius 3 is 1.94 bits per heavy atom. The molecule has 16 heavy (non-hydrogen) atoms. The second-order valence-corrected chi connectivity index (χ2v) is 4.79. The van der Waals surface area contributed by atoms with Gasteiger partial charge >= 0.3 is 19.7 Å². The number of hydrogen-bond donors (Lipinski definition) is 1. The Balaban J connectivity index is 0. The van der Waals surface area contributed by atoms with Crippen molar-refractivity contribution in [3.63, 3.8) is 0 Å². The summed E-state index contributed by atoms with van der Waals surface area (Å²) in [7, 11) is 0.512. The number of rotatable bonds is 5. The highest BCUT2D eigenvalue weighted by molar-refractivity contribution is 7.55. The fourth-order valence-electron chi connectivity index (χ4n) is 0.835. The summed E-state index contributed by atoms with van der Waals surface area (Å²) in [5, 5.41) is 2.01.